The Bertz CT molecular complexity index is 992. The average molecular weight is 433 g/mol. The van der Waals surface area contributed by atoms with E-state index in [0.29, 0.717) is 5.92 Å². The van der Waals surface area contributed by atoms with Gasteiger partial charge in [-0.05, 0) is 95.5 Å². The third-order valence-corrected chi connectivity index (χ3v) is 7.39. The van der Waals surface area contributed by atoms with Gasteiger partial charge >= 0.3 is 0 Å². The lowest BCUT2D eigenvalue weighted by atomic mass is 9.60. The van der Waals surface area contributed by atoms with Crippen LogP contribution in [-0.4, -0.2) is 15.3 Å². The first-order chi connectivity index (χ1) is 15.2. The van der Waals surface area contributed by atoms with Crippen LogP contribution in [0.25, 0.3) is 0 Å². The number of hydrogen-bond donors (Lipinski definition) is 3. The van der Waals surface area contributed by atoms with Gasteiger partial charge in [0.2, 0.25) is 0 Å². The molecule has 3 aromatic carbocycles. The first-order valence-corrected chi connectivity index (χ1v) is 11.6. The zero-order valence-corrected chi connectivity index (χ0v) is 19.7. The Labute approximate surface area is 192 Å². The van der Waals surface area contributed by atoms with Crippen molar-refractivity contribution in [3.63, 3.8) is 0 Å². The molecular formula is C29H36O3. The Morgan fingerprint density at radius 2 is 1.09 bits per heavy atom. The fraction of sp³-hybridized carbons (Fsp3) is 0.379. The van der Waals surface area contributed by atoms with E-state index < -0.39 is 0 Å². The van der Waals surface area contributed by atoms with Gasteiger partial charge < -0.3 is 15.3 Å². The molecule has 170 valence electrons. The standard InChI is InChI=1S/C29H36O3/c1-5-28(4,23-9-15-26(31)16-10-23)20-29(6-2,24-11-17-27(32)18-12-24)19-21(3)22-7-13-25(30)14-8-22/h7-18,21,30-32H,5-6,19-20H2,1-4H3. The highest BCUT2D eigenvalue weighted by Crippen LogP contribution is 2.48. The second-order valence-electron chi connectivity index (χ2n) is 9.52. The molecule has 0 heterocycles. The fourth-order valence-corrected chi connectivity index (χ4v) is 5.13. The molecule has 3 atom stereocenters. The second-order valence-corrected chi connectivity index (χ2v) is 9.52. The lowest BCUT2D eigenvalue weighted by Gasteiger charge is -2.44. The maximum atomic E-state index is 9.92. The van der Waals surface area contributed by atoms with E-state index in [1.807, 2.05) is 24.3 Å². The van der Waals surface area contributed by atoms with Gasteiger partial charge in [-0.15, -0.1) is 0 Å². The molecule has 0 saturated carbocycles. The molecule has 0 radical (unpaired) electrons. The lowest BCUT2D eigenvalue weighted by Crippen LogP contribution is -2.37. The molecule has 0 bridgehead atoms. The van der Waals surface area contributed by atoms with Gasteiger partial charge in [0.1, 0.15) is 17.2 Å². The summed E-state index contributed by atoms with van der Waals surface area (Å²) in [6.07, 6.45) is 3.84. The lowest BCUT2D eigenvalue weighted by molar-refractivity contribution is 0.244. The summed E-state index contributed by atoms with van der Waals surface area (Å²) in [6, 6.07) is 22.9. The summed E-state index contributed by atoms with van der Waals surface area (Å²) in [6.45, 7) is 9.05. The van der Waals surface area contributed by atoms with E-state index in [1.165, 1.54) is 16.7 Å². The van der Waals surface area contributed by atoms with Crippen molar-refractivity contribution >= 4 is 0 Å². The Morgan fingerprint density at radius 3 is 1.53 bits per heavy atom. The summed E-state index contributed by atoms with van der Waals surface area (Å²) in [7, 11) is 0. The summed E-state index contributed by atoms with van der Waals surface area (Å²) in [5, 5.41) is 29.4. The van der Waals surface area contributed by atoms with Crippen LogP contribution in [0, 0.1) is 0 Å². The van der Waals surface area contributed by atoms with E-state index in [9.17, 15) is 15.3 Å². The van der Waals surface area contributed by atoms with E-state index in [2.05, 4.69) is 39.8 Å². The van der Waals surface area contributed by atoms with Crippen molar-refractivity contribution in [2.24, 2.45) is 0 Å². The molecule has 3 N–H and O–H groups in total. The normalized spacial score (nSPS) is 16.1. The van der Waals surface area contributed by atoms with Crippen molar-refractivity contribution in [1.82, 2.24) is 0 Å². The predicted molar refractivity (Wildman–Crippen MR) is 132 cm³/mol. The Balaban J connectivity index is 2.05. The molecule has 0 aliphatic carbocycles. The van der Waals surface area contributed by atoms with Crippen molar-refractivity contribution in [3.8, 4) is 17.2 Å². The van der Waals surface area contributed by atoms with Crippen molar-refractivity contribution < 1.29 is 15.3 Å². The van der Waals surface area contributed by atoms with Gasteiger partial charge in [-0.25, -0.2) is 0 Å². The third kappa shape index (κ3) is 5.09. The maximum Gasteiger partial charge on any atom is 0.115 e. The van der Waals surface area contributed by atoms with Crippen LogP contribution in [0.4, 0.5) is 0 Å². The minimum absolute atomic E-state index is 0.0731. The predicted octanol–water partition coefficient (Wildman–Crippen LogP) is 7.40. The van der Waals surface area contributed by atoms with E-state index in [-0.39, 0.29) is 28.1 Å². The summed E-state index contributed by atoms with van der Waals surface area (Å²) >= 11 is 0. The molecule has 3 nitrogen and oxygen atoms in total. The summed E-state index contributed by atoms with van der Waals surface area (Å²) < 4.78 is 0. The molecule has 0 spiro atoms. The molecule has 3 aromatic rings. The molecule has 32 heavy (non-hydrogen) atoms. The Kier molecular flexibility index (Phi) is 7.18. The molecule has 0 aromatic heterocycles. The SMILES string of the molecule is CCC(C)(CC(CC)(CC(C)c1ccc(O)cc1)c1ccc(O)cc1)c1ccc(O)cc1. The van der Waals surface area contributed by atoms with Gasteiger partial charge in [-0.3, -0.25) is 0 Å². The van der Waals surface area contributed by atoms with Crippen LogP contribution < -0.4 is 0 Å². The van der Waals surface area contributed by atoms with Gasteiger partial charge in [0, 0.05) is 0 Å². The van der Waals surface area contributed by atoms with E-state index in [4.69, 9.17) is 0 Å². The topological polar surface area (TPSA) is 60.7 Å². The van der Waals surface area contributed by atoms with Crippen molar-refractivity contribution in [2.75, 3.05) is 0 Å². The third-order valence-electron chi connectivity index (χ3n) is 7.39. The van der Waals surface area contributed by atoms with Crippen LogP contribution in [0.1, 0.15) is 76.0 Å². The Hall–Kier alpha value is -2.94. The highest BCUT2D eigenvalue weighted by atomic mass is 16.3. The maximum absolute atomic E-state index is 9.92. The molecule has 0 aliphatic rings. The monoisotopic (exact) mass is 432 g/mol. The summed E-state index contributed by atoms with van der Waals surface area (Å²) in [5.74, 6) is 1.15. The van der Waals surface area contributed by atoms with E-state index >= 15 is 0 Å². The van der Waals surface area contributed by atoms with Crippen LogP contribution in [0.2, 0.25) is 0 Å². The number of hydrogen-bond acceptors (Lipinski definition) is 3. The highest BCUT2D eigenvalue weighted by Gasteiger charge is 2.40. The van der Waals surface area contributed by atoms with Crippen molar-refractivity contribution in [1.29, 1.82) is 0 Å². The second kappa shape index (κ2) is 9.68. The summed E-state index contributed by atoms with van der Waals surface area (Å²) in [5.41, 5.74) is 3.50. The van der Waals surface area contributed by atoms with Crippen molar-refractivity contribution in [3.05, 3.63) is 89.5 Å². The molecule has 3 heteroatoms. The van der Waals surface area contributed by atoms with Gasteiger partial charge in [-0.2, -0.15) is 0 Å². The van der Waals surface area contributed by atoms with Crippen LogP contribution in [0.3, 0.4) is 0 Å². The van der Waals surface area contributed by atoms with Gasteiger partial charge in [0.05, 0.1) is 0 Å². The van der Waals surface area contributed by atoms with Crippen LogP contribution in [0.15, 0.2) is 72.8 Å². The van der Waals surface area contributed by atoms with Crippen LogP contribution in [0.5, 0.6) is 17.2 Å². The van der Waals surface area contributed by atoms with Gasteiger partial charge in [0.25, 0.3) is 0 Å². The van der Waals surface area contributed by atoms with Gasteiger partial charge in [-0.1, -0.05) is 64.1 Å². The zero-order valence-electron chi connectivity index (χ0n) is 19.7. The number of phenolic OH excluding ortho intramolecular Hbond substituents is 3. The van der Waals surface area contributed by atoms with Crippen molar-refractivity contribution in [2.45, 2.75) is 70.1 Å². The molecule has 0 aliphatic heterocycles. The minimum Gasteiger partial charge on any atom is -0.508 e. The first kappa shape index (κ1) is 23.7. The minimum atomic E-state index is -0.104. The molecule has 3 unspecified atom stereocenters. The van der Waals surface area contributed by atoms with E-state index in [1.54, 1.807) is 36.4 Å². The largest absolute Gasteiger partial charge is 0.508 e. The molecule has 0 amide bonds. The number of phenols is 3. The number of benzene rings is 3. The van der Waals surface area contributed by atoms with Crippen LogP contribution in [-0.2, 0) is 10.8 Å². The molecule has 0 saturated heterocycles. The smallest absolute Gasteiger partial charge is 0.115 e. The average Bonchev–Trinajstić information content (AvgIpc) is 2.79. The fourth-order valence-electron chi connectivity index (χ4n) is 5.13. The van der Waals surface area contributed by atoms with E-state index in [0.717, 1.165) is 25.7 Å². The van der Waals surface area contributed by atoms with Gasteiger partial charge in [0.15, 0.2) is 0 Å². The summed E-state index contributed by atoms with van der Waals surface area (Å²) in [4.78, 5) is 0. The Morgan fingerprint density at radius 1 is 0.656 bits per heavy atom. The number of aromatic hydroxyl groups is 3. The molecule has 0 fully saturated rings. The first-order valence-electron chi connectivity index (χ1n) is 11.6. The zero-order chi connectivity index (χ0) is 23.4. The molecule has 3 rings (SSSR count). The quantitative estimate of drug-likeness (QED) is 0.330. The molecular weight excluding hydrogens is 396 g/mol. The number of rotatable bonds is 9. The van der Waals surface area contributed by atoms with Crippen LogP contribution >= 0.6 is 0 Å². The highest BCUT2D eigenvalue weighted by molar-refractivity contribution is 5.37.